The molecule has 124 valence electrons. The molecule has 6 nitrogen and oxygen atoms in total. The molecule has 7 heteroatoms. The van der Waals surface area contributed by atoms with E-state index in [-0.39, 0.29) is 13.1 Å². The molecule has 0 fully saturated rings. The predicted molar refractivity (Wildman–Crippen MR) is 90.3 cm³/mol. The van der Waals surface area contributed by atoms with E-state index in [0.29, 0.717) is 5.76 Å². The smallest absolute Gasteiger partial charge is 0.309 e. The molecule has 0 saturated carbocycles. The van der Waals surface area contributed by atoms with Gasteiger partial charge < -0.3 is 20.2 Å². The minimum absolute atomic E-state index is 0.0340. The monoisotopic (exact) mass is 344 g/mol. The quantitative estimate of drug-likeness (QED) is 0.617. The highest BCUT2D eigenvalue weighted by Crippen LogP contribution is 2.29. The lowest BCUT2D eigenvalue weighted by molar-refractivity contribution is -0.139. The summed E-state index contributed by atoms with van der Waals surface area (Å²) in [5, 5.41) is 18.0. The van der Waals surface area contributed by atoms with Crippen LogP contribution < -0.4 is 10.6 Å². The molecule has 0 saturated heterocycles. The van der Waals surface area contributed by atoms with E-state index >= 15 is 0 Å². The Morgan fingerprint density at radius 3 is 2.71 bits per heavy atom. The number of fused-ring (bicyclic) bond motifs is 1. The van der Waals surface area contributed by atoms with Crippen LogP contribution in [0.5, 0.6) is 0 Å². The van der Waals surface area contributed by atoms with Gasteiger partial charge in [-0.25, -0.2) is 0 Å². The summed E-state index contributed by atoms with van der Waals surface area (Å²) >= 11 is 1.53. The van der Waals surface area contributed by atoms with Gasteiger partial charge in [-0.15, -0.1) is 11.3 Å². The molecule has 24 heavy (non-hydrogen) atoms. The Morgan fingerprint density at radius 2 is 1.92 bits per heavy atom. The fourth-order valence-corrected chi connectivity index (χ4v) is 3.30. The highest BCUT2D eigenvalue weighted by atomic mass is 32.1. The van der Waals surface area contributed by atoms with Gasteiger partial charge in [0.25, 0.3) is 0 Å². The molecule has 3 aromatic rings. The van der Waals surface area contributed by atoms with Crippen molar-refractivity contribution in [1.29, 1.82) is 0 Å². The van der Waals surface area contributed by atoms with Gasteiger partial charge in [0, 0.05) is 16.8 Å². The molecule has 0 aliphatic rings. The van der Waals surface area contributed by atoms with Gasteiger partial charge in [-0.1, -0.05) is 18.2 Å². The summed E-state index contributed by atoms with van der Waals surface area (Å²) in [6.45, 7) is 0.102. The van der Waals surface area contributed by atoms with Crippen molar-refractivity contribution in [3.63, 3.8) is 0 Å². The molecule has 1 unspecified atom stereocenters. The Hall–Kier alpha value is -2.64. The van der Waals surface area contributed by atoms with Crippen LogP contribution in [-0.2, 0) is 16.1 Å². The van der Waals surface area contributed by atoms with E-state index < -0.39 is 17.9 Å². The summed E-state index contributed by atoms with van der Waals surface area (Å²) in [5.41, 5.74) is 0.742. The third-order valence-corrected chi connectivity index (χ3v) is 4.52. The normalized spacial score (nSPS) is 12.0. The fraction of sp³-hybridized carbons (Fsp3) is 0.176. The number of nitrogens with one attached hydrogen (secondary N) is 2. The van der Waals surface area contributed by atoms with Crippen LogP contribution in [-0.4, -0.2) is 23.5 Å². The van der Waals surface area contributed by atoms with Crippen LogP contribution in [0.1, 0.15) is 17.4 Å². The first-order valence-electron chi connectivity index (χ1n) is 7.38. The largest absolute Gasteiger partial charge is 0.467 e. The first-order valence-corrected chi connectivity index (χ1v) is 8.25. The molecule has 0 radical (unpaired) electrons. The van der Waals surface area contributed by atoms with Gasteiger partial charge in [0.2, 0.25) is 0 Å². The van der Waals surface area contributed by atoms with Crippen LogP contribution in [0.3, 0.4) is 0 Å². The van der Waals surface area contributed by atoms with Crippen LogP contribution >= 0.6 is 11.3 Å². The lowest BCUT2D eigenvalue weighted by Crippen LogP contribution is -2.41. The molecular formula is C17H16N2O4S. The maximum Gasteiger partial charge on any atom is 0.309 e. The first kappa shape index (κ1) is 16.2. The molecule has 3 N–H and O–H groups in total. The van der Waals surface area contributed by atoms with Crippen LogP contribution in [0.4, 0.5) is 0 Å². The second kappa shape index (κ2) is 7.29. The second-order valence-electron chi connectivity index (χ2n) is 5.18. The lowest BCUT2D eigenvalue weighted by Gasteiger charge is -2.11. The summed E-state index contributed by atoms with van der Waals surface area (Å²) in [6.07, 6.45) is 0.617. The van der Waals surface area contributed by atoms with Crippen LogP contribution in [0, 0.1) is 0 Å². The zero-order valence-corrected chi connectivity index (χ0v) is 13.5. The van der Waals surface area contributed by atoms with Crippen molar-refractivity contribution >= 4 is 33.2 Å². The van der Waals surface area contributed by atoms with Crippen molar-refractivity contribution < 1.29 is 19.1 Å². The maximum atomic E-state index is 11.8. The molecule has 2 aromatic heterocycles. The number of carbonyl (C=O) groups is 2. The van der Waals surface area contributed by atoms with E-state index in [9.17, 15) is 14.7 Å². The Morgan fingerprint density at radius 1 is 1.12 bits per heavy atom. The molecule has 2 heterocycles. The number of benzene rings is 1. The zero-order valence-electron chi connectivity index (χ0n) is 12.7. The summed E-state index contributed by atoms with van der Waals surface area (Å²) < 4.78 is 6.13. The molecule has 0 spiro atoms. The molecule has 1 aromatic carbocycles. The third kappa shape index (κ3) is 3.64. The van der Waals surface area contributed by atoms with E-state index in [0.717, 1.165) is 15.6 Å². The molecule has 0 aliphatic carbocycles. The molecule has 0 aliphatic heterocycles. The Bertz CT molecular complexity index is 841. The number of aliphatic hydroxyl groups is 1. The number of furan rings is 1. The number of hydrogen-bond acceptors (Lipinski definition) is 5. The summed E-state index contributed by atoms with van der Waals surface area (Å²) in [5.74, 6) is -1.00. The van der Waals surface area contributed by atoms with Crippen molar-refractivity contribution in [2.24, 2.45) is 0 Å². The van der Waals surface area contributed by atoms with Crippen LogP contribution in [0.2, 0.25) is 0 Å². The summed E-state index contributed by atoms with van der Waals surface area (Å²) in [7, 11) is 0. The number of thiophene rings is 1. The van der Waals surface area contributed by atoms with Gasteiger partial charge in [-0.3, -0.25) is 9.59 Å². The van der Waals surface area contributed by atoms with Gasteiger partial charge in [0.05, 0.1) is 18.9 Å². The minimum atomic E-state index is -0.872. The molecular weight excluding hydrogens is 328 g/mol. The summed E-state index contributed by atoms with van der Waals surface area (Å²) in [6, 6.07) is 11.1. The maximum absolute atomic E-state index is 11.8. The van der Waals surface area contributed by atoms with E-state index in [1.807, 2.05) is 29.6 Å². The van der Waals surface area contributed by atoms with Gasteiger partial charge in [-0.2, -0.15) is 0 Å². The zero-order chi connectivity index (χ0) is 16.9. The van der Waals surface area contributed by atoms with Crippen molar-refractivity contribution in [3.05, 3.63) is 59.4 Å². The van der Waals surface area contributed by atoms with Gasteiger partial charge in [0.15, 0.2) is 0 Å². The van der Waals surface area contributed by atoms with Crippen molar-refractivity contribution in [2.45, 2.75) is 12.6 Å². The van der Waals surface area contributed by atoms with E-state index in [2.05, 4.69) is 10.6 Å². The second-order valence-corrected chi connectivity index (χ2v) is 6.09. The average molecular weight is 344 g/mol. The lowest BCUT2D eigenvalue weighted by atomic mass is 10.1. The molecule has 2 amide bonds. The van der Waals surface area contributed by atoms with Crippen LogP contribution in [0.25, 0.3) is 10.1 Å². The molecule has 3 rings (SSSR count). The topological polar surface area (TPSA) is 91.6 Å². The average Bonchev–Trinajstić information content (AvgIpc) is 3.26. The number of aliphatic hydroxyl groups excluding tert-OH is 1. The van der Waals surface area contributed by atoms with Gasteiger partial charge >= 0.3 is 11.8 Å². The van der Waals surface area contributed by atoms with Crippen molar-refractivity contribution in [1.82, 2.24) is 10.6 Å². The standard InChI is InChI=1S/C17H16N2O4S/c20-14(13-10-24-15-6-2-1-5-12(13)15)9-19-17(22)16(21)18-8-11-4-3-7-23-11/h1-7,10,14,20H,8-9H2,(H,18,21)(H,19,22). The van der Waals surface area contributed by atoms with E-state index in [1.54, 1.807) is 12.1 Å². The number of rotatable bonds is 5. The Labute approximate surface area is 142 Å². The van der Waals surface area contributed by atoms with Gasteiger partial charge in [0.1, 0.15) is 5.76 Å². The highest BCUT2D eigenvalue weighted by molar-refractivity contribution is 7.17. The van der Waals surface area contributed by atoms with Gasteiger partial charge in [-0.05, 0) is 29.0 Å². The number of amides is 2. The van der Waals surface area contributed by atoms with Crippen molar-refractivity contribution in [2.75, 3.05) is 6.54 Å². The van der Waals surface area contributed by atoms with E-state index in [4.69, 9.17) is 4.42 Å². The van der Waals surface area contributed by atoms with Crippen molar-refractivity contribution in [3.8, 4) is 0 Å². The Kier molecular flexibility index (Phi) is 4.93. The minimum Gasteiger partial charge on any atom is -0.467 e. The Balaban J connectivity index is 1.52. The number of hydrogen-bond donors (Lipinski definition) is 3. The third-order valence-electron chi connectivity index (χ3n) is 3.54. The SMILES string of the molecule is O=C(NCc1ccco1)C(=O)NCC(O)c1csc2ccccc12. The summed E-state index contributed by atoms with van der Waals surface area (Å²) in [4.78, 5) is 23.5. The number of carbonyl (C=O) groups excluding carboxylic acids is 2. The molecule has 0 bridgehead atoms. The fourth-order valence-electron chi connectivity index (χ4n) is 2.30. The molecule has 1 atom stereocenters. The predicted octanol–water partition coefficient (Wildman–Crippen LogP) is 1.96. The first-order chi connectivity index (χ1) is 11.6. The van der Waals surface area contributed by atoms with Crippen LogP contribution in [0.15, 0.2) is 52.5 Å². The van der Waals surface area contributed by atoms with E-state index in [1.165, 1.54) is 17.6 Å². The highest BCUT2D eigenvalue weighted by Gasteiger charge is 2.17.